The highest BCUT2D eigenvalue weighted by Gasteiger charge is 2.22. The number of nitrogens with two attached hydrogens (primary N) is 1. The van der Waals surface area contributed by atoms with Gasteiger partial charge < -0.3 is 10.8 Å². The first-order valence-electron chi connectivity index (χ1n) is 4.66. The Morgan fingerprint density at radius 1 is 1.50 bits per heavy atom. The van der Waals surface area contributed by atoms with Gasteiger partial charge in [0, 0.05) is 5.02 Å². The molecule has 0 aliphatic heterocycles. The van der Waals surface area contributed by atoms with Crippen LogP contribution >= 0.6 is 11.6 Å². The number of rotatable bonds is 3. The zero-order valence-electron chi connectivity index (χ0n) is 8.55. The number of aliphatic hydroxyl groups is 1. The zero-order valence-corrected chi connectivity index (χ0v) is 9.30. The van der Waals surface area contributed by atoms with Crippen LogP contribution in [0.1, 0.15) is 24.5 Å². The largest absolute Gasteiger partial charge is 0.385 e. The maximum absolute atomic E-state index is 10.1. The van der Waals surface area contributed by atoms with E-state index in [1.807, 2.05) is 19.1 Å². The average molecular weight is 214 g/mol. The normalized spacial score (nSPS) is 15.2. The highest BCUT2D eigenvalue weighted by molar-refractivity contribution is 6.31. The molecular formula is C11H16ClNO. The molecule has 0 amide bonds. The Labute approximate surface area is 89.7 Å². The summed E-state index contributed by atoms with van der Waals surface area (Å²) in [4.78, 5) is 0. The summed E-state index contributed by atoms with van der Waals surface area (Å²) in [6.45, 7) is 4.14. The van der Waals surface area contributed by atoms with E-state index in [4.69, 9.17) is 17.3 Å². The van der Waals surface area contributed by atoms with Crippen LogP contribution in [-0.4, -0.2) is 11.7 Å². The molecule has 1 rings (SSSR count). The van der Waals surface area contributed by atoms with E-state index < -0.39 is 5.60 Å². The number of hydrogen-bond acceptors (Lipinski definition) is 2. The van der Waals surface area contributed by atoms with Crippen molar-refractivity contribution in [3.8, 4) is 0 Å². The van der Waals surface area contributed by atoms with Gasteiger partial charge in [-0.3, -0.25) is 0 Å². The van der Waals surface area contributed by atoms with E-state index in [-0.39, 0.29) is 0 Å². The Balaban J connectivity index is 3.01. The van der Waals surface area contributed by atoms with Crippen LogP contribution in [0.25, 0.3) is 0 Å². The molecule has 0 bridgehead atoms. The lowest BCUT2D eigenvalue weighted by Crippen LogP contribution is -2.24. The summed E-state index contributed by atoms with van der Waals surface area (Å²) in [5.74, 6) is 0. The second-order valence-electron chi connectivity index (χ2n) is 3.78. The van der Waals surface area contributed by atoms with Gasteiger partial charge >= 0.3 is 0 Å². The van der Waals surface area contributed by atoms with Crippen molar-refractivity contribution in [2.45, 2.75) is 25.9 Å². The van der Waals surface area contributed by atoms with Crippen molar-refractivity contribution in [2.24, 2.45) is 5.73 Å². The number of aryl methyl sites for hydroxylation is 1. The SMILES string of the molecule is Cc1ccc(C(C)(O)CCN)cc1Cl. The molecule has 0 saturated carbocycles. The van der Waals surface area contributed by atoms with Crippen LogP contribution in [0, 0.1) is 6.92 Å². The number of halogens is 1. The summed E-state index contributed by atoms with van der Waals surface area (Å²) < 4.78 is 0. The molecule has 0 heterocycles. The van der Waals surface area contributed by atoms with Gasteiger partial charge in [0.2, 0.25) is 0 Å². The zero-order chi connectivity index (χ0) is 10.8. The minimum Gasteiger partial charge on any atom is -0.385 e. The van der Waals surface area contributed by atoms with Crippen molar-refractivity contribution >= 4 is 11.6 Å². The molecule has 0 aliphatic carbocycles. The van der Waals surface area contributed by atoms with Gasteiger partial charge in [0.25, 0.3) is 0 Å². The van der Waals surface area contributed by atoms with Gasteiger partial charge in [0.05, 0.1) is 5.60 Å². The molecule has 0 saturated heterocycles. The standard InChI is InChI=1S/C11H16ClNO/c1-8-3-4-9(7-10(8)12)11(2,14)5-6-13/h3-4,7,14H,5-6,13H2,1-2H3. The minimum absolute atomic E-state index is 0.457. The van der Waals surface area contributed by atoms with Crippen molar-refractivity contribution in [2.75, 3.05) is 6.54 Å². The van der Waals surface area contributed by atoms with Crippen LogP contribution in [0.4, 0.5) is 0 Å². The summed E-state index contributed by atoms with van der Waals surface area (Å²) >= 11 is 5.98. The van der Waals surface area contributed by atoms with E-state index >= 15 is 0 Å². The van der Waals surface area contributed by atoms with Crippen LogP contribution in [0.15, 0.2) is 18.2 Å². The molecule has 0 fully saturated rings. The fourth-order valence-corrected chi connectivity index (χ4v) is 1.53. The monoisotopic (exact) mass is 213 g/mol. The van der Waals surface area contributed by atoms with Gasteiger partial charge in [-0.25, -0.2) is 0 Å². The summed E-state index contributed by atoms with van der Waals surface area (Å²) in [6, 6.07) is 5.59. The van der Waals surface area contributed by atoms with Gasteiger partial charge in [-0.15, -0.1) is 0 Å². The molecule has 3 heteroatoms. The summed E-state index contributed by atoms with van der Waals surface area (Å²) in [5, 5.41) is 10.7. The highest BCUT2D eigenvalue weighted by Crippen LogP contribution is 2.27. The predicted octanol–water partition coefficient (Wildman–Crippen LogP) is 2.20. The van der Waals surface area contributed by atoms with E-state index in [0.29, 0.717) is 18.0 Å². The van der Waals surface area contributed by atoms with E-state index in [9.17, 15) is 5.11 Å². The molecular weight excluding hydrogens is 198 g/mol. The molecule has 1 atom stereocenters. The molecule has 78 valence electrons. The first-order chi connectivity index (χ1) is 6.47. The minimum atomic E-state index is -0.883. The first kappa shape index (κ1) is 11.5. The van der Waals surface area contributed by atoms with Gasteiger partial charge in [-0.2, -0.15) is 0 Å². The lowest BCUT2D eigenvalue weighted by Gasteiger charge is -2.23. The molecule has 0 aromatic heterocycles. The second-order valence-corrected chi connectivity index (χ2v) is 4.18. The Kier molecular flexibility index (Phi) is 3.53. The fraction of sp³-hybridized carbons (Fsp3) is 0.455. The van der Waals surface area contributed by atoms with Crippen molar-refractivity contribution < 1.29 is 5.11 Å². The van der Waals surface area contributed by atoms with E-state index in [1.54, 1.807) is 13.0 Å². The fourth-order valence-electron chi connectivity index (χ4n) is 1.35. The summed E-state index contributed by atoms with van der Waals surface area (Å²) in [6.07, 6.45) is 0.534. The maximum Gasteiger partial charge on any atom is 0.0881 e. The van der Waals surface area contributed by atoms with Crippen molar-refractivity contribution in [1.29, 1.82) is 0 Å². The predicted molar refractivity (Wildman–Crippen MR) is 59.4 cm³/mol. The third kappa shape index (κ3) is 2.47. The molecule has 14 heavy (non-hydrogen) atoms. The Morgan fingerprint density at radius 3 is 2.64 bits per heavy atom. The van der Waals surface area contributed by atoms with Crippen LogP contribution in [0.5, 0.6) is 0 Å². The van der Waals surface area contributed by atoms with E-state index in [0.717, 1.165) is 11.1 Å². The Bertz CT molecular complexity index is 323. The van der Waals surface area contributed by atoms with Gasteiger partial charge in [0.1, 0.15) is 0 Å². The molecule has 3 N–H and O–H groups in total. The molecule has 0 spiro atoms. The molecule has 0 aliphatic rings. The Morgan fingerprint density at radius 2 is 2.14 bits per heavy atom. The lowest BCUT2D eigenvalue weighted by atomic mass is 9.92. The first-order valence-corrected chi connectivity index (χ1v) is 5.04. The van der Waals surface area contributed by atoms with Crippen molar-refractivity contribution in [1.82, 2.24) is 0 Å². The van der Waals surface area contributed by atoms with Crippen LogP contribution in [-0.2, 0) is 5.60 Å². The van der Waals surface area contributed by atoms with Crippen LogP contribution < -0.4 is 5.73 Å². The highest BCUT2D eigenvalue weighted by atomic mass is 35.5. The second kappa shape index (κ2) is 4.30. The van der Waals surface area contributed by atoms with Crippen molar-refractivity contribution in [3.05, 3.63) is 34.3 Å². The quantitative estimate of drug-likeness (QED) is 0.809. The topological polar surface area (TPSA) is 46.2 Å². The lowest BCUT2D eigenvalue weighted by molar-refractivity contribution is 0.0504. The summed E-state index contributed by atoms with van der Waals surface area (Å²) in [5.41, 5.74) is 6.38. The molecule has 1 aromatic rings. The van der Waals surface area contributed by atoms with Gasteiger partial charge in [-0.1, -0.05) is 23.7 Å². The maximum atomic E-state index is 10.1. The third-order valence-corrected chi connectivity index (χ3v) is 2.83. The summed E-state index contributed by atoms with van der Waals surface area (Å²) in [7, 11) is 0. The Hall–Kier alpha value is -0.570. The van der Waals surface area contributed by atoms with Crippen LogP contribution in [0.3, 0.4) is 0 Å². The number of hydrogen-bond donors (Lipinski definition) is 2. The third-order valence-electron chi connectivity index (χ3n) is 2.42. The van der Waals surface area contributed by atoms with Crippen LogP contribution in [0.2, 0.25) is 5.02 Å². The van der Waals surface area contributed by atoms with E-state index in [1.165, 1.54) is 0 Å². The van der Waals surface area contributed by atoms with Gasteiger partial charge in [-0.05, 0) is 44.0 Å². The molecule has 0 radical (unpaired) electrons. The molecule has 2 nitrogen and oxygen atoms in total. The van der Waals surface area contributed by atoms with Gasteiger partial charge in [0.15, 0.2) is 0 Å². The number of benzene rings is 1. The smallest absolute Gasteiger partial charge is 0.0881 e. The average Bonchev–Trinajstić information content (AvgIpc) is 2.09. The van der Waals surface area contributed by atoms with E-state index in [2.05, 4.69) is 0 Å². The molecule has 1 aromatic carbocycles. The molecule has 1 unspecified atom stereocenters. The van der Waals surface area contributed by atoms with Crippen molar-refractivity contribution in [3.63, 3.8) is 0 Å².